The summed E-state index contributed by atoms with van der Waals surface area (Å²) in [6.07, 6.45) is 0. The zero-order valence-electron chi connectivity index (χ0n) is 12.9. The van der Waals surface area contributed by atoms with Crippen LogP contribution in [0.2, 0.25) is 0 Å². The Labute approximate surface area is 176 Å². The maximum Gasteiger partial charge on any atom is 0.239 e. The van der Waals surface area contributed by atoms with E-state index in [2.05, 4.69) is 47.8 Å². The molecule has 0 bridgehead atoms. The summed E-state index contributed by atoms with van der Waals surface area (Å²) in [5, 5.41) is 1.76. The third-order valence-electron chi connectivity index (χ3n) is 3.78. The molecule has 0 aliphatic heterocycles. The van der Waals surface area contributed by atoms with Crippen LogP contribution < -0.4 is 0 Å². The molecule has 0 saturated carbocycles. The Balaban J connectivity index is 2.05. The van der Waals surface area contributed by atoms with Crippen molar-refractivity contribution in [3.8, 4) is 0 Å². The van der Waals surface area contributed by atoms with Crippen LogP contribution in [-0.2, 0) is 19.7 Å². The number of benzene rings is 3. The Morgan fingerprint density at radius 1 is 0.615 bits per heavy atom. The Morgan fingerprint density at radius 2 is 1.12 bits per heavy atom. The summed E-state index contributed by atoms with van der Waals surface area (Å²) in [4.78, 5) is 0.152. The van der Waals surface area contributed by atoms with Crippen LogP contribution >= 0.6 is 47.8 Å². The summed E-state index contributed by atoms with van der Waals surface area (Å²) in [6, 6.07) is 17.5. The first-order valence-corrected chi connectivity index (χ1v) is 12.5. The molecular weight excluding hydrogens is 572 g/mol. The number of halogens is 3. The molecule has 0 aromatic heterocycles. The van der Waals surface area contributed by atoms with Gasteiger partial charge in [0.2, 0.25) is 21.1 Å². The second-order valence-corrected chi connectivity index (χ2v) is 17.8. The van der Waals surface area contributed by atoms with Gasteiger partial charge in [-0.1, -0.05) is 30.3 Å². The first-order valence-electron chi connectivity index (χ1n) is 7.19. The fourth-order valence-electron chi connectivity index (χ4n) is 2.40. The molecule has 0 aliphatic carbocycles. The van der Waals surface area contributed by atoms with Gasteiger partial charge in [-0.3, -0.25) is 0 Å². The Kier molecular flexibility index (Phi) is 5.40. The second-order valence-electron chi connectivity index (χ2n) is 5.43. The topological polar surface area (TPSA) is 68.3 Å². The van der Waals surface area contributed by atoms with Crippen molar-refractivity contribution in [1.29, 1.82) is 0 Å². The van der Waals surface area contributed by atoms with E-state index in [1.54, 1.807) is 18.2 Å². The lowest BCUT2D eigenvalue weighted by Gasteiger charge is -2.14. The van der Waals surface area contributed by atoms with E-state index < -0.39 is 21.1 Å². The molecule has 0 heterocycles. The monoisotopic (exact) mass is 580 g/mol. The highest BCUT2D eigenvalue weighted by atomic mass is 80.0. The van der Waals surface area contributed by atoms with Crippen molar-refractivity contribution in [3.05, 3.63) is 66.7 Å². The number of rotatable bonds is 3. The van der Waals surface area contributed by atoms with Gasteiger partial charge in [0.25, 0.3) is 0 Å². The molecule has 0 spiro atoms. The van der Waals surface area contributed by atoms with E-state index in [0.717, 1.165) is 10.8 Å². The smallest absolute Gasteiger partial charge is 0.220 e. The van der Waals surface area contributed by atoms with E-state index in [4.69, 9.17) is 0 Å². The highest BCUT2D eigenvalue weighted by Crippen LogP contribution is 2.43. The van der Waals surface area contributed by atoms with Crippen molar-refractivity contribution < 1.29 is 16.8 Å². The largest absolute Gasteiger partial charge is 0.239 e. The van der Waals surface area contributed by atoms with Gasteiger partial charge in [-0.15, -0.1) is 0 Å². The standard InChI is InChI=1S/C17H11Br3O4S2/c18-17(19,20)26(23,24)15-9-7-14(8-10-15)25(21,22)16-6-5-12-3-1-2-4-13(12)11-16/h1-11H. The first-order chi connectivity index (χ1) is 12.0. The lowest BCUT2D eigenvalue weighted by atomic mass is 10.1. The van der Waals surface area contributed by atoms with Crippen molar-refractivity contribution in [2.75, 3.05) is 0 Å². The van der Waals surface area contributed by atoms with E-state index in [-0.39, 0.29) is 14.7 Å². The lowest BCUT2D eigenvalue weighted by molar-refractivity contribution is 0.593. The summed E-state index contributed by atoms with van der Waals surface area (Å²) < 4.78 is 48.9. The van der Waals surface area contributed by atoms with Gasteiger partial charge < -0.3 is 0 Å². The third kappa shape index (κ3) is 3.64. The molecule has 26 heavy (non-hydrogen) atoms. The number of sulfone groups is 2. The van der Waals surface area contributed by atoms with Crippen molar-refractivity contribution in [3.63, 3.8) is 0 Å². The Morgan fingerprint density at radius 3 is 1.69 bits per heavy atom. The van der Waals surface area contributed by atoms with Gasteiger partial charge in [-0.05, 0) is 95.0 Å². The molecule has 0 fully saturated rings. The highest BCUT2D eigenvalue weighted by Gasteiger charge is 2.37. The third-order valence-corrected chi connectivity index (χ3v) is 10.9. The van der Waals surface area contributed by atoms with Crippen LogP contribution in [0.4, 0.5) is 0 Å². The van der Waals surface area contributed by atoms with Gasteiger partial charge in [0.1, 0.15) is 0 Å². The molecule has 0 aliphatic rings. The Hall–Kier alpha value is -0.740. The molecule has 0 radical (unpaired) electrons. The predicted molar refractivity (Wildman–Crippen MR) is 113 cm³/mol. The molecular formula is C17H11Br3O4S2. The summed E-state index contributed by atoms with van der Waals surface area (Å²) in [7, 11) is -7.54. The average Bonchev–Trinajstić information content (AvgIpc) is 2.60. The molecule has 0 atom stereocenters. The van der Waals surface area contributed by atoms with Gasteiger partial charge in [0.15, 0.2) is 0 Å². The molecule has 3 rings (SSSR count). The van der Waals surface area contributed by atoms with Gasteiger partial charge in [0, 0.05) is 0 Å². The molecule has 0 amide bonds. The Bertz CT molecular complexity index is 1180. The van der Waals surface area contributed by atoms with Crippen LogP contribution in [0, 0.1) is 0 Å². The molecule has 0 unspecified atom stereocenters. The minimum Gasteiger partial charge on any atom is -0.220 e. The van der Waals surface area contributed by atoms with Crippen molar-refractivity contribution >= 4 is 78.2 Å². The molecule has 0 N–H and O–H groups in total. The van der Waals surface area contributed by atoms with Crippen LogP contribution in [0.1, 0.15) is 0 Å². The van der Waals surface area contributed by atoms with Gasteiger partial charge in [0.05, 0.1) is 14.7 Å². The average molecular weight is 583 g/mol. The normalized spacial score (nSPS) is 13.0. The van der Waals surface area contributed by atoms with Crippen LogP contribution in [0.5, 0.6) is 0 Å². The fourth-order valence-corrected chi connectivity index (χ4v) is 6.14. The van der Waals surface area contributed by atoms with Gasteiger partial charge in [-0.2, -0.15) is 0 Å². The molecule has 3 aromatic rings. The molecule has 4 nitrogen and oxygen atoms in total. The van der Waals surface area contributed by atoms with Crippen molar-refractivity contribution in [1.82, 2.24) is 0 Å². The summed E-state index contributed by atoms with van der Waals surface area (Å²) in [6.45, 7) is 0. The second kappa shape index (κ2) is 7.01. The summed E-state index contributed by atoms with van der Waals surface area (Å²) in [5.41, 5.74) is 0. The van der Waals surface area contributed by atoms with Crippen LogP contribution in [0.3, 0.4) is 0 Å². The maximum absolute atomic E-state index is 12.9. The SMILES string of the molecule is O=S(=O)(c1ccc(S(=O)(=O)C(Br)(Br)Br)cc1)c1ccc2ccccc2c1. The first kappa shape index (κ1) is 20.0. The van der Waals surface area contributed by atoms with Gasteiger partial charge >= 0.3 is 0 Å². The van der Waals surface area contributed by atoms with Crippen molar-refractivity contribution in [2.24, 2.45) is 0 Å². The number of alkyl halides is 3. The molecule has 3 aromatic carbocycles. The van der Waals surface area contributed by atoms with Gasteiger partial charge in [-0.25, -0.2) is 16.8 Å². The van der Waals surface area contributed by atoms with Crippen molar-refractivity contribution in [2.45, 2.75) is 16.2 Å². The van der Waals surface area contributed by atoms with E-state index in [1.807, 2.05) is 24.3 Å². The summed E-state index contributed by atoms with van der Waals surface area (Å²) in [5.74, 6) is 0. The van der Waals surface area contributed by atoms with Crippen LogP contribution in [0.15, 0.2) is 81.4 Å². The number of hydrogen-bond donors (Lipinski definition) is 0. The molecule has 0 saturated heterocycles. The zero-order valence-corrected chi connectivity index (χ0v) is 19.3. The van der Waals surface area contributed by atoms with Crippen LogP contribution in [-0.4, -0.2) is 18.3 Å². The quantitative estimate of drug-likeness (QED) is 0.396. The lowest BCUT2D eigenvalue weighted by Crippen LogP contribution is -2.17. The van der Waals surface area contributed by atoms with E-state index in [1.165, 1.54) is 24.3 Å². The minimum absolute atomic E-state index is 0.0241. The minimum atomic E-state index is -3.78. The zero-order chi connectivity index (χ0) is 19.2. The fraction of sp³-hybridized carbons (Fsp3) is 0.0588. The molecule has 9 heteroatoms. The summed E-state index contributed by atoms with van der Waals surface area (Å²) >= 11 is 8.94. The van der Waals surface area contributed by atoms with E-state index >= 15 is 0 Å². The number of fused-ring (bicyclic) bond motifs is 1. The highest BCUT2D eigenvalue weighted by molar-refractivity contribution is 9.42. The number of hydrogen-bond acceptors (Lipinski definition) is 4. The van der Waals surface area contributed by atoms with E-state index in [0.29, 0.717) is 0 Å². The predicted octanol–water partition coefficient (Wildman–Crippen LogP) is 5.24. The molecule has 136 valence electrons. The van der Waals surface area contributed by atoms with E-state index in [9.17, 15) is 16.8 Å². The van der Waals surface area contributed by atoms with Crippen LogP contribution in [0.25, 0.3) is 10.8 Å². The maximum atomic E-state index is 12.9.